The molecule has 0 aromatic heterocycles. The minimum Gasteiger partial charge on any atom is -0.497 e. The maximum absolute atomic E-state index is 5.73. The van der Waals surface area contributed by atoms with Crippen LogP contribution in [0.4, 0.5) is 0 Å². The van der Waals surface area contributed by atoms with Crippen LogP contribution in [0.3, 0.4) is 0 Å². The van der Waals surface area contributed by atoms with E-state index in [1.54, 1.807) is 7.11 Å². The quantitative estimate of drug-likeness (QED) is 0.840. The van der Waals surface area contributed by atoms with Gasteiger partial charge in [0.15, 0.2) is 0 Å². The van der Waals surface area contributed by atoms with Gasteiger partial charge in [0.1, 0.15) is 5.75 Å². The lowest BCUT2D eigenvalue weighted by molar-refractivity contribution is 0.264. The number of nitrogens with two attached hydrogens (primary N) is 1. The second-order valence-corrected chi connectivity index (χ2v) is 4.84. The Balaban J connectivity index is 2.04. The molecule has 0 saturated heterocycles. The van der Waals surface area contributed by atoms with Crippen molar-refractivity contribution in [2.75, 3.05) is 20.2 Å². The van der Waals surface area contributed by atoms with E-state index < -0.39 is 0 Å². The number of methoxy groups -OCH3 is 1. The van der Waals surface area contributed by atoms with Gasteiger partial charge in [-0.15, -0.1) is 0 Å². The summed E-state index contributed by atoms with van der Waals surface area (Å²) in [6.07, 6.45) is 0. The fourth-order valence-corrected chi connectivity index (χ4v) is 2.27. The van der Waals surface area contributed by atoms with Gasteiger partial charge < -0.3 is 10.5 Å². The molecule has 0 spiro atoms. The summed E-state index contributed by atoms with van der Waals surface area (Å²) in [5.41, 5.74) is 8.28. The van der Waals surface area contributed by atoms with Crippen molar-refractivity contribution in [2.45, 2.75) is 13.1 Å². The SMILES string of the molecule is COc1cccc(CN(CCN)Cc2ccccc2)c1. The third-order valence-corrected chi connectivity index (χ3v) is 3.23. The summed E-state index contributed by atoms with van der Waals surface area (Å²) < 4.78 is 5.27. The summed E-state index contributed by atoms with van der Waals surface area (Å²) in [5.74, 6) is 0.898. The molecule has 3 heteroatoms. The van der Waals surface area contributed by atoms with Crippen LogP contribution in [0.15, 0.2) is 54.6 Å². The Morgan fingerprint density at radius 3 is 2.35 bits per heavy atom. The highest BCUT2D eigenvalue weighted by Crippen LogP contribution is 2.15. The first-order chi connectivity index (χ1) is 9.81. The zero-order valence-electron chi connectivity index (χ0n) is 12.0. The van der Waals surface area contributed by atoms with Crippen LogP contribution in [-0.4, -0.2) is 25.1 Å². The summed E-state index contributed by atoms with van der Waals surface area (Å²) in [6, 6.07) is 18.7. The van der Waals surface area contributed by atoms with E-state index in [0.29, 0.717) is 6.54 Å². The van der Waals surface area contributed by atoms with E-state index in [1.807, 2.05) is 18.2 Å². The van der Waals surface area contributed by atoms with Gasteiger partial charge in [-0.2, -0.15) is 0 Å². The molecule has 2 N–H and O–H groups in total. The predicted octanol–water partition coefficient (Wildman–Crippen LogP) is 2.66. The van der Waals surface area contributed by atoms with Crippen molar-refractivity contribution < 1.29 is 4.74 Å². The summed E-state index contributed by atoms with van der Waals surface area (Å²) in [4.78, 5) is 2.35. The molecule has 3 nitrogen and oxygen atoms in total. The van der Waals surface area contributed by atoms with Crippen LogP contribution in [-0.2, 0) is 13.1 Å². The van der Waals surface area contributed by atoms with E-state index >= 15 is 0 Å². The molecule has 0 bridgehead atoms. The van der Waals surface area contributed by atoms with E-state index in [1.165, 1.54) is 11.1 Å². The van der Waals surface area contributed by atoms with Crippen molar-refractivity contribution in [3.05, 3.63) is 65.7 Å². The molecule has 0 aliphatic heterocycles. The van der Waals surface area contributed by atoms with Gasteiger partial charge in [-0.05, 0) is 23.3 Å². The molecule has 0 amide bonds. The van der Waals surface area contributed by atoms with Crippen molar-refractivity contribution in [1.82, 2.24) is 4.90 Å². The third kappa shape index (κ3) is 4.37. The van der Waals surface area contributed by atoms with Gasteiger partial charge in [-0.25, -0.2) is 0 Å². The smallest absolute Gasteiger partial charge is 0.119 e. The summed E-state index contributed by atoms with van der Waals surface area (Å²) in [7, 11) is 1.70. The first-order valence-electron chi connectivity index (χ1n) is 6.91. The van der Waals surface area contributed by atoms with Crippen LogP contribution in [0, 0.1) is 0 Å². The van der Waals surface area contributed by atoms with Gasteiger partial charge in [0, 0.05) is 26.2 Å². The number of hydrogen-bond donors (Lipinski definition) is 1. The van der Waals surface area contributed by atoms with Gasteiger partial charge in [0.05, 0.1) is 7.11 Å². The van der Waals surface area contributed by atoms with E-state index in [2.05, 4.69) is 41.3 Å². The maximum Gasteiger partial charge on any atom is 0.119 e. The molecule has 0 aliphatic rings. The standard InChI is InChI=1S/C17H22N2O/c1-20-17-9-5-8-16(12-17)14-19(11-10-18)13-15-6-3-2-4-7-15/h2-9,12H,10-11,13-14,18H2,1H3. The van der Waals surface area contributed by atoms with Gasteiger partial charge in [0.2, 0.25) is 0 Å². The molecule has 0 aliphatic carbocycles. The predicted molar refractivity (Wildman–Crippen MR) is 82.6 cm³/mol. The van der Waals surface area contributed by atoms with Gasteiger partial charge in [-0.3, -0.25) is 4.90 Å². The van der Waals surface area contributed by atoms with Crippen LogP contribution in [0.5, 0.6) is 5.75 Å². The highest BCUT2D eigenvalue weighted by molar-refractivity contribution is 5.28. The molecule has 0 fully saturated rings. The second-order valence-electron chi connectivity index (χ2n) is 4.84. The molecule has 2 aromatic carbocycles. The van der Waals surface area contributed by atoms with Crippen LogP contribution in [0.2, 0.25) is 0 Å². The first-order valence-corrected chi connectivity index (χ1v) is 6.91. The van der Waals surface area contributed by atoms with Crippen molar-refractivity contribution in [3.8, 4) is 5.75 Å². The Hall–Kier alpha value is -1.84. The van der Waals surface area contributed by atoms with Crippen LogP contribution in [0.1, 0.15) is 11.1 Å². The fraction of sp³-hybridized carbons (Fsp3) is 0.294. The normalized spacial score (nSPS) is 10.8. The summed E-state index contributed by atoms with van der Waals surface area (Å²) >= 11 is 0. The van der Waals surface area contributed by atoms with E-state index in [9.17, 15) is 0 Å². The number of nitrogens with zero attached hydrogens (tertiary/aromatic N) is 1. The minimum atomic E-state index is 0.663. The first kappa shape index (κ1) is 14.6. The largest absolute Gasteiger partial charge is 0.497 e. The van der Waals surface area contributed by atoms with E-state index in [-0.39, 0.29) is 0 Å². The van der Waals surface area contributed by atoms with Gasteiger partial charge >= 0.3 is 0 Å². The molecule has 0 unspecified atom stereocenters. The van der Waals surface area contributed by atoms with Crippen LogP contribution in [0.25, 0.3) is 0 Å². The van der Waals surface area contributed by atoms with Crippen molar-refractivity contribution >= 4 is 0 Å². The van der Waals surface area contributed by atoms with Crippen molar-refractivity contribution in [3.63, 3.8) is 0 Å². The zero-order valence-corrected chi connectivity index (χ0v) is 12.0. The molecule has 0 heterocycles. The average molecular weight is 270 g/mol. The zero-order chi connectivity index (χ0) is 14.2. The molecule has 2 rings (SSSR count). The number of benzene rings is 2. The monoisotopic (exact) mass is 270 g/mol. The second kappa shape index (κ2) is 7.68. The number of hydrogen-bond acceptors (Lipinski definition) is 3. The topological polar surface area (TPSA) is 38.5 Å². The molecule has 0 saturated carbocycles. The van der Waals surface area contributed by atoms with E-state index in [0.717, 1.165) is 25.4 Å². The minimum absolute atomic E-state index is 0.663. The molecule has 20 heavy (non-hydrogen) atoms. The Morgan fingerprint density at radius 1 is 0.950 bits per heavy atom. The van der Waals surface area contributed by atoms with E-state index in [4.69, 9.17) is 10.5 Å². The lowest BCUT2D eigenvalue weighted by atomic mass is 10.1. The van der Waals surface area contributed by atoms with Crippen molar-refractivity contribution in [1.29, 1.82) is 0 Å². The Bertz CT molecular complexity index is 513. The maximum atomic E-state index is 5.73. The lowest BCUT2D eigenvalue weighted by Crippen LogP contribution is -2.28. The highest BCUT2D eigenvalue weighted by Gasteiger charge is 2.07. The summed E-state index contributed by atoms with van der Waals surface area (Å²) in [5, 5.41) is 0. The Labute approximate surface area is 121 Å². The third-order valence-electron chi connectivity index (χ3n) is 3.23. The molecule has 0 radical (unpaired) electrons. The molecule has 2 aromatic rings. The summed E-state index contributed by atoms with van der Waals surface area (Å²) in [6.45, 7) is 3.33. The fourth-order valence-electron chi connectivity index (χ4n) is 2.27. The Kier molecular flexibility index (Phi) is 5.59. The highest BCUT2D eigenvalue weighted by atomic mass is 16.5. The number of ether oxygens (including phenoxy) is 1. The average Bonchev–Trinajstić information content (AvgIpc) is 2.49. The van der Waals surface area contributed by atoms with Crippen molar-refractivity contribution in [2.24, 2.45) is 5.73 Å². The Morgan fingerprint density at radius 2 is 1.65 bits per heavy atom. The van der Waals surface area contributed by atoms with Gasteiger partial charge in [0.25, 0.3) is 0 Å². The lowest BCUT2D eigenvalue weighted by Gasteiger charge is -2.22. The molecular formula is C17H22N2O. The van der Waals surface area contributed by atoms with Crippen LogP contribution >= 0.6 is 0 Å². The van der Waals surface area contributed by atoms with Gasteiger partial charge in [-0.1, -0.05) is 42.5 Å². The van der Waals surface area contributed by atoms with Crippen LogP contribution < -0.4 is 10.5 Å². The molecule has 0 atom stereocenters. The molecular weight excluding hydrogens is 248 g/mol. The number of rotatable bonds is 7. The molecule has 106 valence electrons.